The van der Waals surface area contributed by atoms with Gasteiger partial charge in [-0.3, -0.25) is 9.78 Å². The molecule has 6 nitrogen and oxygen atoms in total. The van der Waals surface area contributed by atoms with Gasteiger partial charge >= 0.3 is 0 Å². The summed E-state index contributed by atoms with van der Waals surface area (Å²) in [5.41, 5.74) is 4.33. The number of likely N-dealkylation sites (tertiary alicyclic amines) is 1. The minimum atomic E-state index is 0.181. The number of carbonyl (C=O) groups is 1. The third kappa shape index (κ3) is 6.05. The van der Waals surface area contributed by atoms with E-state index in [1.54, 1.807) is 29.3 Å². The highest BCUT2D eigenvalue weighted by molar-refractivity contribution is 8.01. The van der Waals surface area contributed by atoms with Crippen molar-refractivity contribution in [2.24, 2.45) is 0 Å². The number of aromatic nitrogens is 4. The smallest absolute Gasteiger partial charge is 0.233 e. The van der Waals surface area contributed by atoms with Gasteiger partial charge < -0.3 is 4.90 Å². The van der Waals surface area contributed by atoms with Gasteiger partial charge in [0.25, 0.3) is 0 Å². The Hall–Kier alpha value is -1.97. The quantitative estimate of drug-likeness (QED) is 0.364. The van der Waals surface area contributed by atoms with Gasteiger partial charge in [0.15, 0.2) is 9.50 Å². The number of piperidine rings is 1. The van der Waals surface area contributed by atoms with E-state index in [1.165, 1.54) is 11.8 Å². The van der Waals surface area contributed by atoms with Crippen LogP contribution < -0.4 is 0 Å². The Kier molecular flexibility index (Phi) is 7.58. The molecule has 9 heteroatoms. The molecular formula is C22H25N5OS3. The highest BCUT2D eigenvalue weighted by atomic mass is 32.2. The van der Waals surface area contributed by atoms with Crippen LogP contribution in [0.5, 0.6) is 0 Å². The zero-order valence-electron chi connectivity index (χ0n) is 17.7. The molecule has 1 amide bonds. The zero-order chi connectivity index (χ0) is 21.6. The van der Waals surface area contributed by atoms with E-state index in [1.807, 2.05) is 35.7 Å². The summed E-state index contributed by atoms with van der Waals surface area (Å²) in [7, 11) is 0. The molecule has 3 aromatic rings. The lowest BCUT2D eigenvalue weighted by molar-refractivity contribution is -0.129. The molecule has 162 valence electrons. The van der Waals surface area contributed by atoms with Crippen molar-refractivity contribution in [1.29, 1.82) is 0 Å². The summed E-state index contributed by atoms with van der Waals surface area (Å²) in [6.07, 6.45) is 7.61. The Labute approximate surface area is 195 Å². The molecular weight excluding hydrogens is 446 g/mol. The van der Waals surface area contributed by atoms with Gasteiger partial charge in [0, 0.05) is 54.4 Å². The largest absolute Gasteiger partial charge is 0.341 e. The van der Waals surface area contributed by atoms with Crippen molar-refractivity contribution in [3.8, 4) is 0 Å². The van der Waals surface area contributed by atoms with Crippen LogP contribution >= 0.6 is 34.9 Å². The van der Waals surface area contributed by atoms with Gasteiger partial charge in [0.2, 0.25) is 5.91 Å². The van der Waals surface area contributed by atoms with E-state index >= 15 is 0 Å². The van der Waals surface area contributed by atoms with Crippen molar-refractivity contribution in [2.75, 3.05) is 18.8 Å². The number of thiazole rings is 1. The third-order valence-electron chi connectivity index (χ3n) is 5.16. The standard InChI is InChI=1S/C22H25N5OS3/c1-15-9-24-21(29-13-17-5-3-7-23-10-17)26-20(15)18-6-4-8-27(11-18)19(28)14-31-22-25-16(2)12-30-22/h3,5,7,9-10,12,18H,4,6,8,11,13-14H2,1-2H3/t18-/m0/s1. The highest BCUT2D eigenvalue weighted by Gasteiger charge is 2.27. The number of thioether (sulfide) groups is 2. The van der Waals surface area contributed by atoms with Crippen molar-refractivity contribution in [3.63, 3.8) is 0 Å². The summed E-state index contributed by atoms with van der Waals surface area (Å²) in [6.45, 7) is 5.58. The number of hydrogen-bond acceptors (Lipinski definition) is 8. The van der Waals surface area contributed by atoms with Crippen LogP contribution in [0.1, 0.15) is 41.3 Å². The molecule has 31 heavy (non-hydrogen) atoms. The van der Waals surface area contributed by atoms with Crippen LogP contribution in [0.4, 0.5) is 0 Å². The maximum Gasteiger partial charge on any atom is 0.233 e. The molecule has 4 rings (SSSR count). The fraction of sp³-hybridized carbons (Fsp3) is 0.409. The summed E-state index contributed by atoms with van der Waals surface area (Å²) in [6, 6.07) is 4.00. The minimum Gasteiger partial charge on any atom is -0.341 e. The molecule has 1 atom stereocenters. The first-order chi connectivity index (χ1) is 15.1. The fourth-order valence-corrected chi connectivity index (χ4v) is 6.10. The fourth-order valence-electron chi connectivity index (χ4n) is 3.59. The van der Waals surface area contributed by atoms with Crippen molar-refractivity contribution >= 4 is 40.8 Å². The molecule has 0 aromatic carbocycles. The molecule has 0 N–H and O–H groups in total. The third-order valence-corrected chi connectivity index (χ3v) is 8.21. The lowest BCUT2D eigenvalue weighted by atomic mass is 9.92. The molecule has 0 aliphatic carbocycles. The van der Waals surface area contributed by atoms with E-state index in [2.05, 4.69) is 27.9 Å². The Morgan fingerprint density at radius 2 is 2.16 bits per heavy atom. The van der Waals surface area contributed by atoms with Gasteiger partial charge in [-0.05, 0) is 43.9 Å². The lowest BCUT2D eigenvalue weighted by Gasteiger charge is -2.33. The van der Waals surface area contributed by atoms with Crippen LogP contribution in [0.25, 0.3) is 0 Å². The van der Waals surface area contributed by atoms with E-state index in [-0.39, 0.29) is 11.8 Å². The van der Waals surface area contributed by atoms with Crippen LogP contribution in [0.2, 0.25) is 0 Å². The van der Waals surface area contributed by atoms with Crippen LogP contribution in [-0.2, 0) is 10.5 Å². The first-order valence-electron chi connectivity index (χ1n) is 10.3. The molecule has 4 heterocycles. The van der Waals surface area contributed by atoms with Crippen molar-refractivity contribution in [1.82, 2.24) is 24.8 Å². The molecule has 1 fully saturated rings. The first-order valence-corrected chi connectivity index (χ1v) is 13.1. The Morgan fingerprint density at radius 1 is 1.26 bits per heavy atom. The second-order valence-electron chi connectivity index (χ2n) is 7.59. The maximum atomic E-state index is 12.8. The van der Waals surface area contributed by atoms with Gasteiger partial charge in [-0.25, -0.2) is 15.0 Å². The van der Waals surface area contributed by atoms with Crippen LogP contribution in [0.15, 0.2) is 45.6 Å². The van der Waals surface area contributed by atoms with Crippen molar-refractivity contribution < 1.29 is 4.79 Å². The number of carbonyl (C=O) groups excluding carboxylic acids is 1. The number of rotatable bonds is 7. The molecule has 0 unspecified atom stereocenters. The van der Waals surface area contributed by atoms with Gasteiger partial charge in [-0.1, -0.05) is 29.6 Å². The Bertz CT molecular complexity index is 1030. The molecule has 0 radical (unpaired) electrons. The average molecular weight is 472 g/mol. The number of nitrogens with zero attached hydrogens (tertiary/aromatic N) is 5. The first kappa shape index (κ1) is 22.2. The Morgan fingerprint density at radius 3 is 2.94 bits per heavy atom. The maximum absolute atomic E-state index is 12.8. The average Bonchev–Trinajstić information content (AvgIpc) is 3.22. The normalized spacial score (nSPS) is 16.5. The number of amides is 1. The van der Waals surface area contributed by atoms with Gasteiger partial charge in [0.1, 0.15) is 0 Å². The van der Waals surface area contributed by atoms with E-state index < -0.39 is 0 Å². The number of hydrogen-bond donors (Lipinski definition) is 0. The predicted octanol–water partition coefficient (Wildman–Crippen LogP) is 4.74. The summed E-state index contributed by atoms with van der Waals surface area (Å²) >= 11 is 4.76. The summed E-state index contributed by atoms with van der Waals surface area (Å²) in [4.78, 5) is 32.8. The number of pyridine rings is 1. The highest BCUT2D eigenvalue weighted by Crippen LogP contribution is 2.30. The molecule has 1 aliphatic rings. The summed E-state index contributed by atoms with van der Waals surface area (Å²) in [5.74, 6) is 1.67. The second kappa shape index (κ2) is 10.6. The summed E-state index contributed by atoms with van der Waals surface area (Å²) in [5, 5.41) is 2.80. The molecule has 0 bridgehead atoms. The van der Waals surface area contributed by atoms with Gasteiger partial charge in [-0.15, -0.1) is 11.3 Å². The SMILES string of the molecule is Cc1csc(SCC(=O)N2CCC[C@H](c3nc(SCc4cccnc4)ncc3C)C2)n1. The zero-order valence-corrected chi connectivity index (χ0v) is 20.1. The minimum absolute atomic E-state index is 0.181. The monoisotopic (exact) mass is 471 g/mol. The van der Waals surface area contributed by atoms with Gasteiger partial charge in [0.05, 0.1) is 11.4 Å². The predicted molar refractivity (Wildman–Crippen MR) is 127 cm³/mol. The second-order valence-corrected chi connectivity index (χ2v) is 10.6. The topological polar surface area (TPSA) is 71.9 Å². The van der Waals surface area contributed by atoms with E-state index in [9.17, 15) is 4.79 Å². The van der Waals surface area contributed by atoms with E-state index in [0.29, 0.717) is 5.75 Å². The molecule has 1 saturated heterocycles. The lowest BCUT2D eigenvalue weighted by Crippen LogP contribution is -2.40. The van der Waals surface area contributed by atoms with Crippen molar-refractivity contribution in [3.05, 3.63) is 58.6 Å². The van der Waals surface area contributed by atoms with Crippen LogP contribution in [0, 0.1) is 13.8 Å². The van der Waals surface area contributed by atoms with Gasteiger partial charge in [-0.2, -0.15) is 0 Å². The molecule has 1 aliphatic heterocycles. The molecule has 0 saturated carbocycles. The van der Waals surface area contributed by atoms with Crippen LogP contribution in [-0.4, -0.2) is 49.6 Å². The van der Waals surface area contributed by atoms with Crippen molar-refractivity contribution in [2.45, 2.75) is 47.9 Å². The number of aryl methyl sites for hydroxylation is 2. The molecule has 0 spiro atoms. The van der Waals surface area contributed by atoms with E-state index in [0.717, 1.165) is 63.7 Å². The van der Waals surface area contributed by atoms with E-state index in [4.69, 9.17) is 4.98 Å². The Balaban J connectivity index is 1.38. The van der Waals surface area contributed by atoms with Crippen LogP contribution in [0.3, 0.4) is 0 Å². The molecule has 3 aromatic heterocycles. The summed E-state index contributed by atoms with van der Waals surface area (Å²) < 4.78 is 0.960.